The van der Waals surface area contributed by atoms with Crippen LogP contribution in [0.15, 0.2) is 18.2 Å². The summed E-state index contributed by atoms with van der Waals surface area (Å²) in [6, 6.07) is 5.45. The molecule has 4 heteroatoms. The molecule has 4 N–H and O–H groups in total. The highest BCUT2D eigenvalue weighted by Crippen LogP contribution is 2.30. The fourth-order valence-corrected chi connectivity index (χ4v) is 1.11. The Morgan fingerprint density at radius 1 is 1.54 bits per heavy atom. The highest BCUT2D eigenvalue weighted by atomic mass is 16.5. The zero-order chi connectivity index (χ0) is 9.68. The van der Waals surface area contributed by atoms with Gasteiger partial charge in [-0.2, -0.15) is 0 Å². The minimum Gasteiger partial charge on any atom is -0.492 e. The van der Waals surface area contributed by atoms with E-state index in [1.807, 2.05) is 12.1 Å². The number of benzene rings is 1. The first-order valence-corrected chi connectivity index (χ1v) is 4.06. The molecule has 1 aromatic rings. The van der Waals surface area contributed by atoms with E-state index in [0.29, 0.717) is 18.0 Å². The van der Waals surface area contributed by atoms with E-state index in [1.165, 1.54) is 0 Å². The smallest absolute Gasteiger partial charge is 0.164 e. The van der Waals surface area contributed by atoms with Gasteiger partial charge in [0.2, 0.25) is 0 Å². The van der Waals surface area contributed by atoms with E-state index >= 15 is 0 Å². The minimum absolute atomic E-state index is 0.0813. The molecular formula is C9H14N2O2. The summed E-state index contributed by atoms with van der Waals surface area (Å²) in [7, 11) is 1.57. The van der Waals surface area contributed by atoms with Gasteiger partial charge in [0, 0.05) is 6.54 Å². The third kappa shape index (κ3) is 2.26. The van der Waals surface area contributed by atoms with Gasteiger partial charge in [0.05, 0.1) is 25.1 Å². The second-order valence-electron chi connectivity index (χ2n) is 2.58. The Kier molecular flexibility index (Phi) is 3.40. The number of nitrogen functional groups attached to an aromatic ring is 1. The van der Waals surface area contributed by atoms with Crippen LogP contribution in [0.3, 0.4) is 0 Å². The standard InChI is InChI=1S/C9H14N2O2/c1-13-9-7(10)3-2-4-8(9)11-5-6-12/h2-4,11-12H,5-6,10H2,1H3. The number of ether oxygens (including phenoxy) is 1. The second kappa shape index (κ2) is 4.57. The predicted molar refractivity (Wildman–Crippen MR) is 53.0 cm³/mol. The quantitative estimate of drug-likeness (QED) is 0.599. The molecule has 0 atom stereocenters. The number of aliphatic hydroxyl groups is 1. The molecular weight excluding hydrogens is 168 g/mol. The SMILES string of the molecule is COc1c(N)cccc1NCCO. The van der Waals surface area contributed by atoms with E-state index in [1.54, 1.807) is 13.2 Å². The molecule has 0 aliphatic carbocycles. The summed E-state index contributed by atoms with van der Waals surface area (Å²) in [5.74, 6) is 0.621. The Hall–Kier alpha value is -1.42. The molecule has 72 valence electrons. The predicted octanol–water partition coefficient (Wildman–Crippen LogP) is 0.682. The topological polar surface area (TPSA) is 67.5 Å². The van der Waals surface area contributed by atoms with Crippen molar-refractivity contribution in [2.45, 2.75) is 0 Å². The van der Waals surface area contributed by atoms with Crippen LogP contribution in [0.1, 0.15) is 0 Å². The van der Waals surface area contributed by atoms with Crippen LogP contribution in [0.2, 0.25) is 0 Å². The van der Waals surface area contributed by atoms with Crippen molar-refractivity contribution in [3.8, 4) is 5.75 Å². The Morgan fingerprint density at radius 2 is 2.31 bits per heavy atom. The molecule has 0 saturated heterocycles. The number of methoxy groups -OCH3 is 1. The molecule has 0 bridgehead atoms. The van der Waals surface area contributed by atoms with Gasteiger partial charge in [-0.25, -0.2) is 0 Å². The van der Waals surface area contributed by atoms with Crippen molar-refractivity contribution in [2.75, 3.05) is 31.3 Å². The summed E-state index contributed by atoms with van der Waals surface area (Å²) in [4.78, 5) is 0. The molecule has 4 nitrogen and oxygen atoms in total. The molecule has 1 aromatic carbocycles. The summed E-state index contributed by atoms with van der Waals surface area (Å²) in [5.41, 5.74) is 7.07. The molecule has 0 fully saturated rings. The first kappa shape index (κ1) is 9.67. The van der Waals surface area contributed by atoms with Gasteiger partial charge in [-0.05, 0) is 12.1 Å². The number of hydrogen-bond donors (Lipinski definition) is 3. The van der Waals surface area contributed by atoms with E-state index < -0.39 is 0 Å². The third-order valence-electron chi connectivity index (χ3n) is 1.68. The van der Waals surface area contributed by atoms with Gasteiger partial charge in [-0.1, -0.05) is 6.07 Å². The molecule has 13 heavy (non-hydrogen) atoms. The average Bonchev–Trinajstić information content (AvgIpc) is 2.15. The minimum atomic E-state index is 0.0813. The molecule has 0 aromatic heterocycles. The van der Waals surface area contributed by atoms with Crippen LogP contribution >= 0.6 is 0 Å². The zero-order valence-corrected chi connectivity index (χ0v) is 7.58. The summed E-state index contributed by atoms with van der Waals surface area (Å²) < 4.78 is 5.10. The van der Waals surface area contributed by atoms with E-state index in [-0.39, 0.29) is 6.61 Å². The van der Waals surface area contributed by atoms with Crippen molar-refractivity contribution in [1.82, 2.24) is 0 Å². The van der Waals surface area contributed by atoms with Gasteiger partial charge in [-0.15, -0.1) is 0 Å². The molecule has 1 rings (SSSR count). The van der Waals surface area contributed by atoms with Gasteiger partial charge in [0.25, 0.3) is 0 Å². The van der Waals surface area contributed by atoms with Crippen molar-refractivity contribution >= 4 is 11.4 Å². The van der Waals surface area contributed by atoms with Crippen molar-refractivity contribution in [1.29, 1.82) is 0 Å². The maximum absolute atomic E-state index is 8.63. The monoisotopic (exact) mass is 182 g/mol. The highest BCUT2D eigenvalue weighted by molar-refractivity contribution is 5.69. The van der Waals surface area contributed by atoms with Crippen LogP contribution < -0.4 is 15.8 Å². The lowest BCUT2D eigenvalue weighted by Gasteiger charge is -2.11. The number of para-hydroxylation sites is 1. The van der Waals surface area contributed by atoms with E-state index in [9.17, 15) is 0 Å². The van der Waals surface area contributed by atoms with Gasteiger partial charge in [-0.3, -0.25) is 0 Å². The summed E-state index contributed by atoms with van der Waals surface area (Å²) in [5, 5.41) is 11.6. The number of anilines is 2. The van der Waals surface area contributed by atoms with E-state index in [2.05, 4.69) is 5.32 Å². The fraction of sp³-hybridized carbons (Fsp3) is 0.333. The second-order valence-corrected chi connectivity index (χ2v) is 2.58. The van der Waals surface area contributed by atoms with Gasteiger partial charge in [0.15, 0.2) is 5.75 Å². The van der Waals surface area contributed by atoms with Crippen LogP contribution in [-0.4, -0.2) is 25.4 Å². The number of nitrogens with two attached hydrogens (primary N) is 1. The lowest BCUT2D eigenvalue weighted by atomic mass is 10.2. The molecule has 0 amide bonds. The van der Waals surface area contributed by atoms with Crippen molar-refractivity contribution < 1.29 is 9.84 Å². The van der Waals surface area contributed by atoms with Crippen molar-refractivity contribution in [2.24, 2.45) is 0 Å². The molecule has 0 unspecified atom stereocenters. The summed E-state index contributed by atoms with van der Waals surface area (Å²) in [6.45, 7) is 0.567. The highest BCUT2D eigenvalue weighted by Gasteiger charge is 2.04. The molecule has 0 saturated carbocycles. The first-order valence-electron chi connectivity index (χ1n) is 4.06. The van der Waals surface area contributed by atoms with Crippen LogP contribution in [0.5, 0.6) is 5.75 Å². The molecule has 0 spiro atoms. The van der Waals surface area contributed by atoms with Gasteiger partial charge < -0.3 is 20.9 Å². The Morgan fingerprint density at radius 3 is 2.92 bits per heavy atom. The van der Waals surface area contributed by atoms with Crippen LogP contribution in [0.4, 0.5) is 11.4 Å². The number of hydrogen-bond acceptors (Lipinski definition) is 4. The van der Waals surface area contributed by atoms with Crippen molar-refractivity contribution in [3.05, 3.63) is 18.2 Å². The van der Waals surface area contributed by atoms with Crippen LogP contribution in [-0.2, 0) is 0 Å². The molecule has 0 aliphatic heterocycles. The maximum atomic E-state index is 8.63. The van der Waals surface area contributed by atoms with Gasteiger partial charge in [0.1, 0.15) is 0 Å². The first-order chi connectivity index (χ1) is 6.29. The number of aliphatic hydroxyl groups excluding tert-OH is 1. The molecule has 0 radical (unpaired) electrons. The lowest BCUT2D eigenvalue weighted by molar-refractivity contribution is 0.311. The zero-order valence-electron chi connectivity index (χ0n) is 7.58. The number of rotatable bonds is 4. The lowest BCUT2D eigenvalue weighted by Crippen LogP contribution is -2.07. The average molecular weight is 182 g/mol. The van der Waals surface area contributed by atoms with Gasteiger partial charge >= 0.3 is 0 Å². The van der Waals surface area contributed by atoms with Crippen LogP contribution in [0, 0.1) is 0 Å². The van der Waals surface area contributed by atoms with Crippen LogP contribution in [0.25, 0.3) is 0 Å². The Labute approximate surface area is 77.3 Å². The molecule has 0 aliphatic rings. The largest absolute Gasteiger partial charge is 0.492 e. The normalized spacial score (nSPS) is 9.69. The molecule has 0 heterocycles. The fourth-order valence-electron chi connectivity index (χ4n) is 1.11. The Bertz CT molecular complexity index is 276. The Balaban J connectivity index is 2.85. The summed E-state index contributed by atoms with van der Waals surface area (Å²) in [6.07, 6.45) is 0. The van der Waals surface area contributed by atoms with E-state index in [4.69, 9.17) is 15.6 Å². The number of nitrogens with one attached hydrogen (secondary N) is 1. The van der Waals surface area contributed by atoms with E-state index in [0.717, 1.165) is 5.69 Å². The summed E-state index contributed by atoms with van der Waals surface area (Å²) >= 11 is 0. The van der Waals surface area contributed by atoms with Crippen molar-refractivity contribution in [3.63, 3.8) is 0 Å². The maximum Gasteiger partial charge on any atom is 0.164 e. The third-order valence-corrected chi connectivity index (χ3v) is 1.68.